The Labute approximate surface area is 185 Å². The Morgan fingerprint density at radius 2 is 1.76 bits per heavy atom. The maximum absolute atomic E-state index is 12.9. The minimum Gasteiger partial charge on any atom is -0.355 e. The summed E-state index contributed by atoms with van der Waals surface area (Å²) >= 11 is 0. The molecule has 0 spiro atoms. The first-order valence-electron chi connectivity index (χ1n) is 9.61. The van der Waals surface area contributed by atoms with Crippen LogP contribution in [0.15, 0.2) is 47.5 Å². The zero-order valence-corrected chi connectivity index (χ0v) is 17.9. The summed E-state index contributed by atoms with van der Waals surface area (Å²) in [6.45, 7) is 1.99. The first-order valence-corrected chi connectivity index (χ1v) is 11.6. The smallest absolute Gasteiger partial charge is 0.310 e. The van der Waals surface area contributed by atoms with E-state index < -0.39 is 38.3 Å². The van der Waals surface area contributed by atoms with E-state index in [2.05, 4.69) is 26.5 Å². The summed E-state index contributed by atoms with van der Waals surface area (Å²) in [5.41, 5.74) is 2.94. The van der Waals surface area contributed by atoms with Crippen LogP contribution in [0.2, 0.25) is 0 Å². The number of benzene rings is 1. The molecule has 1 aliphatic heterocycles. The van der Waals surface area contributed by atoms with Crippen LogP contribution in [0.4, 0.5) is 30.9 Å². The number of anilines is 2. The fourth-order valence-corrected chi connectivity index (χ4v) is 3.96. The average molecular weight is 493 g/mol. The normalized spacial score (nSPS) is 20.2. The van der Waals surface area contributed by atoms with Crippen LogP contribution in [0, 0.1) is 5.41 Å². The van der Waals surface area contributed by atoms with Crippen LogP contribution < -0.4 is 21.5 Å². The topological polar surface area (TPSA) is 112 Å². The molecular weight excluding hydrogens is 473 g/mol. The number of hydrogen-bond acceptors (Lipinski definition) is 5. The Morgan fingerprint density at radius 3 is 2.30 bits per heavy atom. The second kappa shape index (κ2) is 7.57. The summed E-state index contributed by atoms with van der Waals surface area (Å²) in [6.07, 6.45) is 1.77. The zero-order chi connectivity index (χ0) is 24.6. The number of nitrogens with zero attached hydrogens (tertiary/aromatic N) is 1. The third kappa shape index (κ3) is 5.16. The van der Waals surface area contributed by atoms with E-state index in [1.54, 1.807) is 6.92 Å². The number of amides is 3. The Kier molecular flexibility index (Phi) is 5.56. The molecule has 4 N–H and O–H groups in total. The van der Waals surface area contributed by atoms with Crippen LogP contribution in [-0.4, -0.2) is 29.3 Å². The van der Waals surface area contributed by atoms with Gasteiger partial charge in [-0.1, -0.05) is 26.4 Å². The highest BCUT2D eigenvalue weighted by Crippen LogP contribution is 3.02. The lowest BCUT2D eigenvalue weighted by Gasteiger charge is -2.40. The van der Waals surface area contributed by atoms with Crippen LogP contribution in [0.1, 0.15) is 30.1 Å². The summed E-state index contributed by atoms with van der Waals surface area (Å²) in [7, 11) is -9.81. The number of aromatic nitrogens is 1. The quantitative estimate of drug-likeness (QED) is 0.274. The summed E-state index contributed by atoms with van der Waals surface area (Å²) in [6, 6.07) is 4.71. The molecule has 0 saturated carbocycles. The third-order valence-corrected chi connectivity index (χ3v) is 6.38. The fourth-order valence-electron chi connectivity index (χ4n) is 3.31. The van der Waals surface area contributed by atoms with Crippen LogP contribution in [0.3, 0.4) is 0 Å². The van der Waals surface area contributed by atoms with Crippen molar-refractivity contribution in [3.05, 3.63) is 48.2 Å². The van der Waals surface area contributed by atoms with Gasteiger partial charge in [-0.05, 0) is 49.2 Å². The van der Waals surface area contributed by atoms with Gasteiger partial charge in [0.2, 0.25) is 5.91 Å². The lowest BCUT2D eigenvalue weighted by atomic mass is 9.83. The number of hydrazine groups is 1. The van der Waals surface area contributed by atoms with Gasteiger partial charge in [-0.3, -0.25) is 25.2 Å². The van der Waals surface area contributed by atoms with Crippen LogP contribution in [0.25, 0.3) is 0 Å². The van der Waals surface area contributed by atoms with Crippen molar-refractivity contribution in [1.29, 1.82) is 0 Å². The maximum atomic E-state index is 12.9. The Hall–Kier alpha value is -3.42. The highest BCUT2D eigenvalue weighted by atomic mass is 32.5. The van der Waals surface area contributed by atoms with E-state index in [0.29, 0.717) is 6.54 Å². The standard InChI is InChI=1S/C19H20F5N5O3S/c1-2-19(9-11-26-17(19)31)18(32)29-28-16(30)14-4-3-10-25-15(14)27-12-5-7-13(8-6-12)33(20,21,22,23)24/h3-8,10H,2,9,11H2,1H3,(H,25,27)(H,26,31)(H,28,30)(H,29,32). The summed E-state index contributed by atoms with van der Waals surface area (Å²) in [5.74, 6) is -2.07. The summed E-state index contributed by atoms with van der Waals surface area (Å²) in [5, 5.41) is 5.15. The highest BCUT2D eigenvalue weighted by molar-refractivity contribution is 8.45. The van der Waals surface area contributed by atoms with Crippen molar-refractivity contribution in [1.82, 2.24) is 21.2 Å². The molecule has 1 aromatic carbocycles. The van der Waals surface area contributed by atoms with Gasteiger partial charge in [0.15, 0.2) is 0 Å². The van der Waals surface area contributed by atoms with Gasteiger partial charge in [0.05, 0.1) is 5.56 Å². The first kappa shape index (κ1) is 24.2. The molecule has 1 unspecified atom stereocenters. The second-order valence-electron chi connectivity index (χ2n) is 7.37. The molecule has 3 amide bonds. The Bertz CT molecular complexity index is 1110. The number of carbonyl (C=O) groups excluding carboxylic acids is 3. The van der Waals surface area contributed by atoms with Crippen molar-refractivity contribution in [2.24, 2.45) is 5.41 Å². The molecule has 1 aliphatic rings. The van der Waals surface area contributed by atoms with Gasteiger partial charge >= 0.3 is 10.2 Å². The van der Waals surface area contributed by atoms with Crippen molar-refractivity contribution >= 4 is 39.5 Å². The van der Waals surface area contributed by atoms with Gasteiger partial charge in [0.25, 0.3) is 11.8 Å². The first-order chi connectivity index (χ1) is 15.2. The predicted molar refractivity (Wildman–Crippen MR) is 111 cm³/mol. The molecule has 14 heteroatoms. The van der Waals surface area contributed by atoms with E-state index in [1.165, 1.54) is 18.3 Å². The van der Waals surface area contributed by atoms with Gasteiger partial charge in [0, 0.05) is 18.4 Å². The molecule has 180 valence electrons. The SMILES string of the molecule is CCC1(C(=O)NNC(=O)c2cccnc2Nc2ccc(S(F)(F)(F)(F)F)cc2)CCNC1=O. The van der Waals surface area contributed by atoms with Gasteiger partial charge in [-0.2, -0.15) is 0 Å². The van der Waals surface area contributed by atoms with Crippen LogP contribution >= 0.6 is 10.2 Å². The molecule has 2 heterocycles. The molecule has 1 atom stereocenters. The molecule has 2 aromatic rings. The number of carbonyl (C=O) groups is 3. The summed E-state index contributed by atoms with van der Waals surface area (Å²) in [4.78, 5) is 39.0. The monoisotopic (exact) mass is 493 g/mol. The number of halogens is 5. The molecule has 8 nitrogen and oxygen atoms in total. The van der Waals surface area contributed by atoms with Crippen molar-refractivity contribution in [3.63, 3.8) is 0 Å². The van der Waals surface area contributed by atoms with Crippen molar-refractivity contribution in [3.8, 4) is 0 Å². The van der Waals surface area contributed by atoms with Crippen molar-refractivity contribution in [2.75, 3.05) is 11.9 Å². The summed E-state index contributed by atoms with van der Waals surface area (Å²) < 4.78 is 64.3. The molecule has 3 rings (SSSR count). The molecule has 33 heavy (non-hydrogen) atoms. The molecular formula is C19H20F5N5O3S. The predicted octanol–water partition coefficient (Wildman–Crippen LogP) is 4.16. The van der Waals surface area contributed by atoms with E-state index in [1.807, 2.05) is 0 Å². The van der Waals surface area contributed by atoms with Crippen LogP contribution in [-0.2, 0) is 9.59 Å². The van der Waals surface area contributed by atoms with E-state index in [0.717, 1.165) is 12.1 Å². The fraction of sp³-hybridized carbons (Fsp3) is 0.263. The van der Waals surface area contributed by atoms with E-state index in [9.17, 15) is 33.8 Å². The number of nitrogens with one attached hydrogen (secondary N) is 4. The van der Waals surface area contributed by atoms with Crippen LogP contribution in [0.5, 0.6) is 0 Å². The minimum absolute atomic E-state index is 0.0371. The molecule has 1 fully saturated rings. The molecule has 1 aromatic heterocycles. The molecule has 1 saturated heterocycles. The number of rotatable bonds is 6. The maximum Gasteiger partial charge on any atom is 0.310 e. The largest absolute Gasteiger partial charge is 0.355 e. The van der Waals surface area contributed by atoms with Crippen molar-refractivity contribution < 1.29 is 33.8 Å². The Balaban J connectivity index is 1.74. The van der Waals surface area contributed by atoms with Gasteiger partial charge in [-0.25, -0.2) is 4.98 Å². The van der Waals surface area contributed by atoms with Gasteiger partial charge in [0.1, 0.15) is 16.1 Å². The number of pyridine rings is 1. The van der Waals surface area contributed by atoms with E-state index in [-0.39, 0.29) is 42.0 Å². The lowest BCUT2D eigenvalue weighted by molar-refractivity contribution is -0.141. The third-order valence-electron chi connectivity index (χ3n) is 5.21. The zero-order valence-electron chi connectivity index (χ0n) is 17.1. The molecule has 0 aliphatic carbocycles. The average Bonchev–Trinajstić information content (AvgIpc) is 3.12. The van der Waals surface area contributed by atoms with E-state index in [4.69, 9.17) is 0 Å². The molecule has 0 radical (unpaired) electrons. The minimum atomic E-state index is -9.81. The lowest BCUT2D eigenvalue weighted by Crippen LogP contribution is -2.52. The highest BCUT2D eigenvalue weighted by Gasteiger charge is 2.65. The van der Waals surface area contributed by atoms with Crippen molar-refractivity contribution in [2.45, 2.75) is 24.7 Å². The van der Waals surface area contributed by atoms with E-state index >= 15 is 0 Å². The molecule has 0 bridgehead atoms. The second-order valence-corrected chi connectivity index (χ2v) is 9.78. The van der Waals surface area contributed by atoms with Gasteiger partial charge < -0.3 is 10.6 Å². The number of hydrogen-bond donors (Lipinski definition) is 4. The van der Waals surface area contributed by atoms with Gasteiger partial charge in [-0.15, -0.1) is 0 Å². The Morgan fingerprint density at radius 1 is 1.09 bits per heavy atom.